The van der Waals surface area contributed by atoms with Gasteiger partial charge in [0, 0.05) is 25.7 Å². The lowest BCUT2D eigenvalue weighted by Gasteiger charge is -2.34. The van der Waals surface area contributed by atoms with Gasteiger partial charge in [-0.2, -0.15) is 0 Å². The molecule has 0 fully saturated rings. The van der Waals surface area contributed by atoms with E-state index < -0.39 is 0 Å². The lowest BCUT2D eigenvalue weighted by Crippen LogP contribution is -2.55. The number of aliphatic hydroxyl groups is 1. The molecule has 1 atom stereocenters. The molecule has 2 rings (SSSR count). The number of nitrogens with one attached hydrogen (secondary N) is 1. The molecule has 0 aromatic heterocycles. The molecule has 2 N–H and O–H groups in total. The highest BCUT2D eigenvalue weighted by molar-refractivity contribution is 5.30. The first-order chi connectivity index (χ1) is 8.52. The number of hydrogen-bond donors (Lipinski definition) is 2. The molecule has 100 valence electrons. The molecule has 0 amide bonds. The van der Waals surface area contributed by atoms with Gasteiger partial charge in [0.15, 0.2) is 0 Å². The molecule has 1 heterocycles. The van der Waals surface area contributed by atoms with Gasteiger partial charge in [-0.25, -0.2) is 0 Å². The molecular weight excluding hydrogens is 224 g/mol. The first-order valence-corrected chi connectivity index (χ1v) is 6.70. The van der Waals surface area contributed by atoms with Crippen molar-refractivity contribution in [1.29, 1.82) is 0 Å². The maximum atomic E-state index is 9.62. The van der Waals surface area contributed by atoms with Gasteiger partial charge in [0.25, 0.3) is 0 Å². The Kier molecular flexibility index (Phi) is 4.05. The molecule has 1 aromatic rings. The third-order valence-electron chi connectivity index (χ3n) is 3.46. The van der Waals surface area contributed by atoms with Crippen LogP contribution >= 0.6 is 0 Å². The first-order valence-electron chi connectivity index (χ1n) is 6.70. The zero-order chi connectivity index (χ0) is 13.2. The number of rotatable bonds is 5. The van der Waals surface area contributed by atoms with Gasteiger partial charge in [-0.1, -0.05) is 38.1 Å². The van der Waals surface area contributed by atoms with Gasteiger partial charge in [-0.15, -0.1) is 0 Å². The highest BCUT2D eigenvalue weighted by atomic mass is 16.3. The van der Waals surface area contributed by atoms with Crippen LogP contribution in [0.4, 0.5) is 0 Å². The second-order valence-corrected chi connectivity index (χ2v) is 5.93. The SMILES string of the molecule is CC(C)NC(C)(CO)CN1Cc2ccccc2C1. The van der Waals surface area contributed by atoms with Crippen molar-refractivity contribution < 1.29 is 5.11 Å². The molecule has 1 aliphatic rings. The van der Waals surface area contributed by atoms with Crippen LogP contribution in [0, 0.1) is 0 Å². The lowest BCUT2D eigenvalue weighted by molar-refractivity contribution is 0.112. The Morgan fingerprint density at radius 1 is 1.28 bits per heavy atom. The zero-order valence-electron chi connectivity index (χ0n) is 11.6. The minimum absolute atomic E-state index is 0.165. The first kappa shape index (κ1) is 13.5. The summed E-state index contributed by atoms with van der Waals surface area (Å²) in [5.41, 5.74) is 2.61. The number of fused-ring (bicyclic) bond motifs is 1. The van der Waals surface area contributed by atoms with E-state index in [9.17, 15) is 5.11 Å². The highest BCUT2D eigenvalue weighted by Crippen LogP contribution is 2.23. The largest absolute Gasteiger partial charge is 0.394 e. The Bertz CT molecular complexity index is 380. The van der Waals surface area contributed by atoms with Gasteiger partial charge >= 0.3 is 0 Å². The average molecular weight is 248 g/mol. The fourth-order valence-corrected chi connectivity index (χ4v) is 2.85. The minimum Gasteiger partial charge on any atom is -0.394 e. The maximum Gasteiger partial charge on any atom is 0.0623 e. The van der Waals surface area contributed by atoms with Crippen LogP contribution in [0.25, 0.3) is 0 Å². The Hall–Kier alpha value is -0.900. The second kappa shape index (κ2) is 5.39. The van der Waals surface area contributed by atoms with E-state index in [-0.39, 0.29) is 12.1 Å². The van der Waals surface area contributed by atoms with Crippen molar-refractivity contribution in [3.8, 4) is 0 Å². The van der Waals surface area contributed by atoms with Crippen LogP contribution in [0.2, 0.25) is 0 Å². The molecule has 3 nitrogen and oxygen atoms in total. The molecule has 1 aromatic carbocycles. The zero-order valence-corrected chi connectivity index (χ0v) is 11.6. The van der Waals surface area contributed by atoms with Crippen molar-refractivity contribution in [1.82, 2.24) is 10.2 Å². The normalized spacial score (nSPS) is 18.9. The van der Waals surface area contributed by atoms with Crippen molar-refractivity contribution in [2.24, 2.45) is 0 Å². The Balaban J connectivity index is 1.99. The third kappa shape index (κ3) is 3.10. The molecule has 0 saturated heterocycles. The van der Waals surface area contributed by atoms with Crippen LogP contribution in [-0.4, -0.2) is 34.7 Å². The van der Waals surface area contributed by atoms with Crippen molar-refractivity contribution >= 4 is 0 Å². The Labute approximate surface area is 110 Å². The summed E-state index contributed by atoms with van der Waals surface area (Å²) in [6.45, 7) is 9.35. The van der Waals surface area contributed by atoms with Crippen LogP contribution in [-0.2, 0) is 13.1 Å². The molecule has 1 unspecified atom stereocenters. The van der Waals surface area contributed by atoms with Crippen molar-refractivity contribution in [3.05, 3.63) is 35.4 Å². The number of benzene rings is 1. The fourth-order valence-electron chi connectivity index (χ4n) is 2.85. The van der Waals surface area contributed by atoms with Crippen molar-refractivity contribution in [2.75, 3.05) is 13.2 Å². The van der Waals surface area contributed by atoms with E-state index in [1.165, 1.54) is 11.1 Å². The second-order valence-electron chi connectivity index (χ2n) is 5.93. The third-order valence-corrected chi connectivity index (χ3v) is 3.46. The molecule has 1 aliphatic heterocycles. The van der Waals surface area contributed by atoms with Crippen LogP contribution in [0.15, 0.2) is 24.3 Å². The molecule has 0 aliphatic carbocycles. The average Bonchev–Trinajstić information content (AvgIpc) is 2.69. The van der Waals surface area contributed by atoms with Crippen molar-refractivity contribution in [2.45, 2.75) is 45.4 Å². The highest BCUT2D eigenvalue weighted by Gasteiger charge is 2.29. The van der Waals surface area contributed by atoms with Crippen LogP contribution in [0.5, 0.6) is 0 Å². The molecule has 18 heavy (non-hydrogen) atoms. The van der Waals surface area contributed by atoms with Crippen LogP contribution in [0.1, 0.15) is 31.9 Å². The molecule has 0 radical (unpaired) electrons. The predicted octanol–water partition coefficient (Wildman–Crippen LogP) is 1.75. The minimum atomic E-state index is -0.226. The molecule has 0 spiro atoms. The Morgan fingerprint density at radius 2 is 1.83 bits per heavy atom. The van der Waals surface area contributed by atoms with Gasteiger partial charge in [0.1, 0.15) is 0 Å². The molecule has 0 bridgehead atoms. The quantitative estimate of drug-likeness (QED) is 0.833. The summed E-state index contributed by atoms with van der Waals surface area (Å²) in [5.74, 6) is 0. The van der Waals surface area contributed by atoms with Gasteiger partial charge < -0.3 is 10.4 Å². The van der Waals surface area contributed by atoms with E-state index in [1.54, 1.807) is 0 Å². The lowest BCUT2D eigenvalue weighted by atomic mass is 10.0. The summed E-state index contributed by atoms with van der Waals surface area (Å²) in [7, 11) is 0. The maximum absolute atomic E-state index is 9.62. The van der Waals surface area contributed by atoms with E-state index in [0.717, 1.165) is 19.6 Å². The van der Waals surface area contributed by atoms with Gasteiger partial charge in [-0.3, -0.25) is 4.90 Å². The Morgan fingerprint density at radius 3 is 2.28 bits per heavy atom. The van der Waals surface area contributed by atoms with E-state index >= 15 is 0 Å². The summed E-state index contributed by atoms with van der Waals surface area (Å²) in [4.78, 5) is 2.40. The summed E-state index contributed by atoms with van der Waals surface area (Å²) in [6, 6.07) is 8.97. The van der Waals surface area contributed by atoms with Crippen LogP contribution < -0.4 is 5.32 Å². The van der Waals surface area contributed by atoms with E-state index in [4.69, 9.17) is 0 Å². The summed E-state index contributed by atoms with van der Waals surface area (Å²) < 4.78 is 0. The molecule has 3 heteroatoms. The molecular formula is C15H24N2O. The molecule has 0 saturated carbocycles. The van der Waals surface area contributed by atoms with Gasteiger partial charge in [0.05, 0.1) is 12.1 Å². The van der Waals surface area contributed by atoms with Crippen molar-refractivity contribution in [3.63, 3.8) is 0 Å². The van der Waals surface area contributed by atoms with Gasteiger partial charge in [0.2, 0.25) is 0 Å². The summed E-state index contributed by atoms with van der Waals surface area (Å²) >= 11 is 0. The number of nitrogens with zero attached hydrogens (tertiary/aromatic N) is 1. The topological polar surface area (TPSA) is 35.5 Å². The summed E-state index contributed by atoms with van der Waals surface area (Å²) in [6.07, 6.45) is 0. The van der Waals surface area contributed by atoms with Gasteiger partial charge in [-0.05, 0) is 18.1 Å². The summed E-state index contributed by atoms with van der Waals surface area (Å²) in [5, 5.41) is 13.1. The van der Waals surface area contributed by atoms with Crippen LogP contribution in [0.3, 0.4) is 0 Å². The fraction of sp³-hybridized carbons (Fsp3) is 0.600. The van der Waals surface area contributed by atoms with E-state index in [0.29, 0.717) is 6.04 Å². The smallest absolute Gasteiger partial charge is 0.0623 e. The van der Waals surface area contributed by atoms with E-state index in [1.807, 2.05) is 0 Å². The van der Waals surface area contributed by atoms with E-state index in [2.05, 4.69) is 55.3 Å². The standard InChI is InChI=1S/C15H24N2O/c1-12(2)16-15(3,11-18)10-17-8-13-6-4-5-7-14(13)9-17/h4-7,12,16,18H,8-11H2,1-3H3. The monoisotopic (exact) mass is 248 g/mol. The number of hydrogen-bond acceptors (Lipinski definition) is 3. The number of aliphatic hydroxyl groups excluding tert-OH is 1. The predicted molar refractivity (Wildman–Crippen MR) is 74.3 cm³/mol.